The van der Waals surface area contributed by atoms with E-state index in [1.54, 1.807) is 19.5 Å². The molecule has 6 nitrogen and oxygen atoms in total. The number of ether oxygens (including phenoxy) is 2. The first-order valence-electron chi connectivity index (χ1n) is 8.17. The Morgan fingerprint density at radius 1 is 1.12 bits per heavy atom. The topological polar surface area (TPSA) is 61.2 Å². The highest BCUT2D eigenvalue weighted by atomic mass is 16.5. The molecule has 0 aliphatic rings. The van der Waals surface area contributed by atoms with Crippen molar-refractivity contribution in [3.63, 3.8) is 0 Å². The number of methoxy groups -OCH3 is 1. The third-order valence-electron chi connectivity index (χ3n) is 3.76. The van der Waals surface area contributed by atoms with Gasteiger partial charge >= 0.3 is 0 Å². The second-order valence-corrected chi connectivity index (χ2v) is 5.62. The van der Waals surface area contributed by atoms with Crippen molar-refractivity contribution in [3.8, 4) is 22.8 Å². The van der Waals surface area contributed by atoms with Crippen LogP contribution in [0.15, 0.2) is 55.0 Å². The Morgan fingerprint density at radius 3 is 2.72 bits per heavy atom. The van der Waals surface area contributed by atoms with Crippen molar-refractivity contribution in [2.45, 2.75) is 6.54 Å². The van der Waals surface area contributed by atoms with E-state index in [1.165, 1.54) is 0 Å². The van der Waals surface area contributed by atoms with Crippen LogP contribution < -0.4 is 14.8 Å². The molecule has 1 aromatic carbocycles. The summed E-state index contributed by atoms with van der Waals surface area (Å²) in [6.45, 7) is 2.05. The van der Waals surface area contributed by atoms with Crippen LogP contribution in [0.2, 0.25) is 0 Å². The van der Waals surface area contributed by atoms with Crippen LogP contribution >= 0.6 is 0 Å². The Morgan fingerprint density at radius 2 is 1.92 bits per heavy atom. The Kier molecular flexibility index (Phi) is 5.64. The molecule has 0 fully saturated rings. The maximum absolute atomic E-state index is 5.73. The van der Waals surface area contributed by atoms with Crippen molar-refractivity contribution >= 4 is 0 Å². The van der Waals surface area contributed by atoms with Gasteiger partial charge in [0, 0.05) is 55.9 Å². The van der Waals surface area contributed by atoms with Gasteiger partial charge < -0.3 is 14.8 Å². The van der Waals surface area contributed by atoms with E-state index in [9.17, 15) is 0 Å². The minimum Gasteiger partial charge on any atom is -0.497 e. The number of benzene rings is 1. The monoisotopic (exact) mass is 338 g/mol. The molecular weight excluding hydrogens is 316 g/mol. The molecule has 0 radical (unpaired) electrons. The smallest absolute Gasteiger partial charge is 0.123 e. The van der Waals surface area contributed by atoms with E-state index >= 15 is 0 Å². The zero-order valence-corrected chi connectivity index (χ0v) is 14.5. The molecule has 1 N–H and O–H groups in total. The molecule has 3 aromatic rings. The third kappa shape index (κ3) is 4.58. The molecule has 130 valence electrons. The lowest BCUT2D eigenvalue weighted by molar-refractivity contribution is 0.311. The molecule has 3 rings (SSSR count). The Balaban J connectivity index is 1.51. The third-order valence-corrected chi connectivity index (χ3v) is 3.76. The molecule has 0 amide bonds. The zero-order chi connectivity index (χ0) is 17.5. The number of hydrogen-bond acceptors (Lipinski definition) is 5. The van der Waals surface area contributed by atoms with Crippen molar-refractivity contribution in [3.05, 3.63) is 60.6 Å². The molecule has 2 aromatic heterocycles. The van der Waals surface area contributed by atoms with Crippen molar-refractivity contribution in [1.82, 2.24) is 20.1 Å². The Labute approximate surface area is 147 Å². The Bertz CT molecular complexity index is 802. The van der Waals surface area contributed by atoms with Crippen LogP contribution in [0, 0.1) is 0 Å². The molecule has 0 saturated carbocycles. The predicted octanol–water partition coefficient (Wildman–Crippen LogP) is 2.66. The van der Waals surface area contributed by atoms with Crippen molar-refractivity contribution in [1.29, 1.82) is 0 Å². The molecule has 0 atom stereocenters. The molecule has 0 aliphatic carbocycles. The normalized spacial score (nSPS) is 10.6. The lowest BCUT2D eigenvalue weighted by Gasteiger charge is -2.09. The first-order valence-corrected chi connectivity index (χ1v) is 8.17. The SMILES string of the molecule is COc1cccc(OCCNCc2cn(C)nc2-c2ccncc2)c1. The molecule has 0 unspecified atom stereocenters. The predicted molar refractivity (Wildman–Crippen MR) is 96.6 cm³/mol. The van der Waals surface area contributed by atoms with E-state index in [4.69, 9.17) is 9.47 Å². The summed E-state index contributed by atoms with van der Waals surface area (Å²) in [5.74, 6) is 1.60. The van der Waals surface area contributed by atoms with Crippen LogP contribution in [-0.2, 0) is 13.6 Å². The van der Waals surface area contributed by atoms with Crippen LogP contribution in [0.4, 0.5) is 0 Å². The second kappa shape index (κ2) is 8.30. The Hall–Kier alpha value is -2.86. The minimum atomic E-state index is 0.581. The minimum absolute atomic E-state index is 0.581. The first-order chi connectivity index (χ1) is 12.3. The summed E-state index contributed by atoms with van der Waals surface area (Å²) in [7, 11) is 3.58. The van der Waals surface area contributed by atoms with E-state index in [0.717, 1.165) is 41.4 Å². The molecule has 0 spiro atoms. The molecule has 6 heteroatoms. The molecular formula is C19H22N4O2. The summed E-state index contributed by atoms with van der Waals surface area (Å²) in [5.41, 5.74) is 3.20. The van der Waals surface area contributed by atoms with Gasteiger partial charge in [-0.2, -0.15) is 5.10 Å². The van der Waals surface area contributed by atoms with E-state index in [1.807, 2.05) is 54.3 Å². The van der Waals surface area contributed by atoms with Gasteiger partial charge in [-0.05, 0) is 24.3 Å². The average molecular weight is 338 g/mol. The lowest BCUT2D eigenvalue weighted by atomic mass is 10.1. The quantitative estimate of drug-likeness (QED) is 0.640. The highest BCUT2D eigenvalue weighted by Crippen LogP contribution is 2.21. The fourth-order valence-electron chi connectivity index (χ4n) is 2.57. The summed E-state index contributed by atoms with van der Waals surface area (Å²) in [4.78, 5) is 4.06. The van der Waals surface area contributed by atoms with Crippen LogP contribution in [-0.4, -0.2) is 35.0 Å². The van der Waals surface area contributed by atoms with Gasteiger partial charge in [0.2, 0.25) is 0 Å². The zero-order valence-electron chi connectivity index (χ0n) is 14.5. The van der Waals surface area contributed by atoms with Gasteiger partial charge in [-0.3, -0.25) is 9.67 Å². The number of pyridine rings is 1. The summed E-state index contributed by atoms with van der Waals surface area (Å²) in [5, 5.41) is 7.95. The summed E-state index contributed by atoms with van der Waals surface area (Å²) >= 11 is 0. The van der Waals surface area contributed by atoms with E-state index < -0.39 is 0 Å². The largest absolute Gasteiger partial charge is 0.497 e. The van der Waals surface area contributed by atoms with Crippen molar-refractivity contribution in [2.24, 2.45) is 7.05 Å². The number of rotatable bonds is 8. The standard InChI is InChI=1S/C19H22N4O2/c1-23-14-16(19(22-23)15-6-8-20-9-7-15)13-21-10-11-25-18-5-3-4-17(12-18)24-2/h3-9,12,14,21H,10-11,13H2,1-2H3. The number of aryl methyl sites for hydroxylation is 1. The molecule has 25 heavy (non-hydrogen) atoms. The van der Waals surface area contributed by atoms with Gasteiger partial charge in [-0.25, -0.2) is 0 Å². The second-order valence-electron chi connectivity index (χ2n) is 5.62. The number of aromatic nitrogens is 3. The maximum atomic E-state index is 5.73. The van der Waals surface area contributed by atoms with Crippen molar-refractivity contribution in [2.75, 3.05) is 20.3 Å². The summed E-state index contributed by atoms with van der Waals surface area (Å²) in [6, 6.07) is 11.6. The molecule has 0 bridgehead atoms. The fraction of sp³-hybridized carbons (Fsp3) is 0.263. The first kappa shape index (κ1) is 17.0. The van der Waals surface area contributed by atoms with Crippen molar-refractivity contribution < 1.29 is 9.47 Å². The van der Waals surface area contributed by atoms with Crippen LogP contribution in [0.1, 0.15) is 5.56 Å². The molecule has 0 saturated heterocycles. The summed E-state index contributed by atoms with van der Waals surface area (Å²) in [6.07, 6.45) is 5.60. The van der Waals surface area contributed by atoms with Gasteiger partial charge in [-0.15, -0.1) is 0 Å². The van der Waals surface area contributed by atoms with Gasteiger partial charge in [0.15, 0.2) is 0 Å². The van der Waals surface area contributed by atoms with Crippen LogP contribution in [0.3, 0.4) is 0 Å². The van der Waals surface area contributed by atoms with Gasteiger partial charge in [0.05, 0.1) is 12.8 Å². The van der Waals surface area contributed by atoms with E-state index in [-0.39, 0.29) is 0 Å². The maximum Gasteiger partial charge on any atom is 0.123 e. The highest BCUT2D eigenvalue weighted by Gasteiger charge is 2.09. The van der Waals surface area contributed by atoms with Gasteiger partial charge in [0.1, 0.15) is 18.1 Å². The fourth-order valence-corrected chi connectivity index (χ4v) is 2.57. The number of nitrogens with one attached hydrogen (secondary N) is 1. The highest BCUT2D eigenvalue weighted by molar-refractivity contribution is 5.61. The molecule has 2 heterocycles. The van der Waals surface area contributed by atoms with Gasteiger partial charge in [-0.1, -0.05) is 6.07 Å². The average Bonchev–Trinajstić information content (AvgIpc) is 3.03. The lowest BCUT2D eigenvalue weighted by Crippen LogP contribution is -2.20. The molecule has 0 aliphatic heterocycles. The van der Waals surface area contributed by atoms with E-state index in [2.05, 4.69) is 15.4 Å². The number of nitrogens with zero attached hydrogens (tertiary/aromatic N) is 3. The van der Waals surface area contributed by atoms with Crippen LogP contribution in [0.5, 0.6) is 11.5 Å². The van der Waals surface area contributed by atoms with Crippen LogP contribution in [0.25, 0.3) is 11.3 Å². The number of hydrogen-bond donors (Lipinski definition) is 1. The van der Waals surface area contributed by atoms with E-state index in [0.29, 0.717) is 6.61 Å². The summed E-state index contributed by atoms with van der Waals surface area (Å²) < 4.78 is 12.8. The van der Waals surface area contributed by atoms with Gasteiger partial charge in [0.25, 0.3) is 0 Å².